The number of carbonyl (C=O) groups excluding carboxylic acids is 2. The second kappa shape index (κ2) is 6.54. The van der Waals surface area contributed by atoms with E-state index in [1.807, 2.05) is 60.7 Å². The molecule has 1 saturated heterocycles. The SMILES string of the molecule is O=C1SC(Nc2ccc(Br)cc2)C(=O)N1c1cccc2ccccc12. The lowest BCUT2D eigenvalue weighted by Gasteiger charge is -2.17. The third-order valence-corrected chi connectivity index (χ3v) is 5.46. The molecule has 0 aliphatic carbocycles. The minimum atomic E-state index is -0.632. The van der Waals surface area contributed by atoms with Gasteiger partial charge in [0.25, 0.3) is 11.1 Å². The van der Waals surface area contributed by atoms with Crippen LogP contribution in [0.25, 0.3) is 10.8 Å². The standard InChI is InChI=1S/C19H13BrN2O2S/c20-13-8-10-14(11-9-13)21-17-18(23)22(19(24)25-17)16-7-3-5-12-4-1-2-6-15(12)16/h1-11,17,21H. The number of hydrogen-bond acceptors (Lipinski definition) is 4. The van der Waals surface area contributed by atoms with Crippen molar-refractivity contribution in [2.24, 2.45) is 0 Å². The Morgan fingerprint density at radius 3 is 2.44 bits per heavy atom. The van der Waals surface area contributed by atoms with Gasteiger partial charge in [-0.1, -0.05) is 52.3 Å². The number of carbonyl (C=O) groups is 2. The number of halogens is 1. The summed E-state index contributed by atoms with van der Waals surface area (Å²) in [5, 5.41) is 4.11. The molecule has 0 aromatic heterocycles. The van der Waals surface area contributed by atoms with Gasteiger partial charge in [-0.05, 0) is 47.5 Å². The third kappa shape index (κ3) is 3.03. The first kappa shape index (κ1) is 16.2. The van der Waals surface area contributed by atoms with Crippen LogP contribution < -0.4 is 10.2 Å². The molecule has 1 aliphatic heterocycles. The number of imide groups is 1. The fourth-order valence-electron chi connectivity index (χ4n) is 2.82. The predicted octanol–water partition coefficient (Wildman–Crippen LogP) is 5.24. The molecule has 3 aromatic carbocycles. The minimum absolute atomic E-state index is 0.255. The van der Waals surface area contributed by atoms with Crippen molar-refractivity contribution in [3.8, 4) is 0 Å². The zero-order valence-corrected chi connectivity index (χ0v) is 15.4. The molecule has 1 fully saturated rings. The van der Waals surface area contributed by atoms with Gasteiger partial charge >= 0.3 is 0 Å². The van der Waals surface area contributed by atoms with Crippen LogP contribution >= 0.6 is 27.7 Å². The first-order valence-corrected chi connectivity index (χ1v) is 9.35. The summed E-state index contributed by atoms with van der Waals surface area (Å²) in [5.74, 6) is -0.255. The molecular weight excluding hydrogens is 400 g/mol. The van der Waals surface area contributed by atoms with Crippen molar-refractivity contribution in [3.05, 3.63) is 71.2 Å². The number of fused-ring (bicyclic) bond motifs is 1. The number of nitrogens with one attached hydrogen (secondary N) is 1. The van der Waals surface area contributed by atoms with Gasteiger partial charge in [0, 0.05) is 15.5 Å². The van der Waals surface area contributed by atoms with Gasteiger partial charge in [-0.2, -0.15) is 0 Å². The summed E-state index contributed by atoms with van der Waals surface area (Å²) in [7, 11) is 0. The molecule has 1 heterocycles. The van der Waals surface area contributed by atoms with Crippen LogP contribution in [-0.4, -0.2) is 16.5 Å². The Balaban J connectivity index is 1.66. The number of rotatable bonds is 3. The molecule has 0 radical (unpaired) electrons. The highest BCUT2D eigenvalue weighted by atomic mass is 79.9. The minimum Gasteiger partial charge on any atom is -0.365 e. The van der Waals surface area contributed by atoms with E-state index in [9.17, 15) is 9.59 Å². The largest absolute Gasteiger partial charge is 0.365 e. The van der Waals surface area contributed by atoms with Crippen molar-refractivity contribution in [1.29, 1.82) is 0 Å². The van der Waals surface area contributed by atoms with Crippen molar-refractivity contribution in [1.82, 2.24) is 0 Å². The Labute approximate surface area is 157 Å². The molecule has 25 heavy (non-hydrogen) atoms. The summed E-state index contributed by atoms with van der Waals surface area (Å²) < 4.78 is 0.955. The van der Waals surface area contributed by atoms with E-state index in [-0.39, 0.29) is 11.1 Å². The molecule has 1 atom stereocenters. The van der Waals surface area contributed by atoms with Crippen molar-refractivity contribution in [2.45, 2.75) is 5.37 Å². The number of anilines is 2. The molecule has 6 heteroatoms. The van der Waals surface area contributed by atoms with Crippen LogP contribution in [0.15, 0.2) is 71.2 Å². The lowest BCUT2D eigenvalue weighted by molar-refractivity contribution is -0.116. The Morgan fingerprint density at radius 1 is 0.920 bits per heavy atom. The first-order chi connectivity index (χ1) is 12.1. The molecule has 0 saturated carbocycles. The van der Waals surface area contributed by atoms with Crippen molar-refractivity contribution in [2.75, 3.05) is 10.2 Å². The van der Waals surface area contributed by atoms with Gasteiger partial charge in [0.05, 0.1) is 5.69 Å². The molecular formula is C19H13BrN2O2S. The number of benzene rings is 3. The van der Waals surface area contributed by atoms with Crippen LogP contribution in [0, 0.1) is 0 Å². The van der Waals surface area contributed by atoms with E-state index in [0.717, 1.165) is 32.7 Å². The van der Waals surface area contributed by atoms with Crippen LogP contribution in [0.2, 0.25) is 0 Å². The quantitative estimate of drug-likeness (QED) is 0.638. The van der Waals surface area contributed by atoms with Gasteiger partial charge in [-0.3, -0.25) is 9.59 Å². The second-order valence-corrected chi connectivity index (χ2v) is 7.56. The third-order valence-electron chi connectivity index (χ3n) is 4.00. The van der Waals surface area contributed by atoms with Crippen LogP contribution in [0.4, 0.5) is 16.2 Å². The van der Waals surface area contributed by atoms with E-state index in [0.29, 0.717) is 5.69 Å². The van der Waals surface area contributed by atoms with Gasteiger partial charge in [0.15, 0.2) is 5.37 Å². The molecule has 4 rings (SSSR count). The van der Waals surface area contributed by atoms with E-state index < -0.39 is 5.37 Å². The highest BCUT2D eigenvalue weighted by Gasteiger charge is 2.41. The Morgan fingerprint density at radius 2 is 1.64 bits per heavy atom. The Hall–Kier alpha value is -2.31. The number of hydrogen-bond donors (Lipinski definition) is 1. The number of nitrogens with zero attached hydrogens (tertiary/aromatic N) is 1. The lowest BCUT2D eigenvalue weighted by atomic mass is 10.1. The summed E-state index contributed by atoms with van der Waals surface area (Å²) >= 11 is 4.38. The topological polar surface area (TPSA) is 49.4 Å². The highest BCUT2D eigenvalue weighted by Crippen LogP contribution is 2.36. The predicted molar refractivity (Wildman–Crippen MR) is 106 cm³/mol. The Kier molecular flexibility index (Phi) is 4.23. The smallest absolute Gasteiger partial charge is 0.295 e. The molecule has 2 amide bonds. The summed E-state index contributed by atoms with van der Waals surface area (Å²) in [5.41, 5.74) is 1.42. The zero-order valence-electron chi connectivity index (χ0n) is 13.0. The molecule has 3 aromatic rings. The molecule has 0 spiro atoms. The summed E-state index contributed by atoms with van der Waals surface area (Å²) in [6.45, 7) is 0. The average molecular weight is 413 g/mol. The van der Waals surface area contributed by atoms with E-state index in [1.165, 1.54) is 4.90 Å². The maximum atomic E-state index is 12.8. The highest BCUT2D eigenvalue weighted by molar-refractivity contribution is 9.10. The van der Waals surface area contributed by atoms with Gasteiger partial charge in [0.2, 0.25) is 0 Å². The normalized spacial score (nSPS) is 17.3. The maximum Gasteiger partial charge on any atom is 0.295 e. The van der Waals surface area contributed by atoms with Crippen LogP contribution in [0.5, 0.6) is 0 Å². The monoisotopic (exact) mass is 412 g/mol. The average Bonchev–Trinajstić information content (AvgIpc) is 2.90. The van der Waals surface area contributed by atoms with E-state index in [1.54, 1.807) is 6.07 Å². The zero-order chi connectivity index (χ0) is 17.4. The van der Waals surface area contributed by atoms with Gasteiger partial charge in [-0.15, -0.1) is 0 Å². The molecule has 1 N–H and O–H groups in total. The fourth-order valence-corrected chi connectivity index (χ4v) is 3.98. The van der Waals surface area contributed by atoms with Gasteiger partial charge < -0.3 is 5.32 Å². The van der Waals surface area contributed by atoms with E-state index >= 15 is 0 Å². The molecule has 0 bridgehead atoms. The van der Waals surface area contributed by atoms with Crippen LogP contribution in [0.1, 0.15) is 0 Å². The number of amides is 2. The van der Waals surface area contributed by atoms with Crippen molar-refractivity contribution >= 4 is 61.0 Å². The van der Waals surface area contributed by atoms with E-state index in [2.05, 4.69) is 21.2 Å². The molecule has 1 aliphatic rings. The second-order valence-electron chi connectivity index (χ2n) is 5.59. The van der Waals surface area contributed by atoms with Crippen LogP contribution in [0.3, 0.4) is 0 Å². The first-order valence-electron chi connectivity index (χ1n) is 7.68. The maximum absolute atomic E-state index is 12.8. The van der Waals surface area contributed by atoms with Gasteiger partial charge in [0.1, 0.15) is 0 Å². The van der Waals surface area contributed by atoms with Gasteiger partial charge in [-0.25, -0.2) is 4.90 Å². The Bertz CT molecular complexity index is 969. The van der Waals surface area contributed by atoms with Crippen molar-refractivity contribution < 1.29 is 9.59 Å². The molecule has 1 unspecified atom stereocenters. The molecule has 4 nitrogen and oxygen atoms in total. The summed E-state index contributed by atoms with van der Waals surface area (Å²) in [6.07, 6.45) is 0. The van der Waals surface area contributed by atoms with Crippen molar-refractivity contribution in [3.63, 3.8) is 0 Å². The lowest BCUT2D eigenvalue weighted by Crippen LogP contribution is -2.34. The number of thioether (sulfide) groups is 1. The summed E-state index contributed by atoms with van der Waals surface area (Å²) in [4.78, 5) is 26.6. The van der Waals surface area contributed by atoms with E-state index in [4.69, 9.17) is 0 Å². The molecule has 124 valence electrons. The van der Waals surface area contributed by atoms with Crippen LogP contribution in [-0.2, 0) is 4.79 Å². The fraction of sp³-hybridized carbons (Fsp3) is 0.0526. The summed E-state index contributed by atoms with van der Waals surface area (Å²) in [6, 6.07) is 20.9.